The van der Waals surface area contributed by atoms with Gasteiger partial charge in [0.25, 0.3) is 0 Å². The van der Waals surface area contributed by atoms with Gasteiger partial charge < -0.3 is 19.9 Å². The van der Waals surface area contributed by atoms with Crippen molar-refractivity contribution < 1.29 is 37.3 Å². The van der Waals surface area contributed by atoms with Crippen molar-refractivity contribution in [3.63, 3.8) is 0 Å². The summed E-state index contributed by atoms with van der Waals surface area (Å²) in [5.74, 6) is 0.410. The molecule has 1 saturated carbocycles. The first-order chi connectivity index (χ1) is 20.0. The van der Waals surface area contributed by atoms with E-state index in [0.717, 1.165) is 49.8 Å². The number of carboxylic acids is 1. The lowest BCUT2D eigenvalue weighted by Crippen LogP contribution is -2.33. The molecular formula is C32H41F3N2O5. The van der Waals surface area contributed by atoms with Crippen LogP contribution in [0.1, 0.15) is 61.6 Å². The van der Waals surface area contributed by atoms with Gasteiger partial charge in [0, 0.05) is 19.5 Å². The fourth-order valence-corrected chi connectivity index (χ4v) is 6.15. The molecule has 10 heteroatoms. The molecule has 0 aliphatic heterocycles. The van der Waals surface area contributed by atoms with Crippen LogP contribution in [0.2, 0.25) is 0 Å². The molecule has 1 fully saturated rings. The van der Waals surface area contributed by atoms with E-state index in [1.807, 2.05) is 24.3 Å². The number of halogens is 3. The summed E-state index contributed by atoms with van der Waals surface area (Å²) in [7, 11) is 1.40. The number of rotatable bonds is 14. The van der Waals surface area contributed by atoms with Gasteiger partial charge in [-0.2, -0.15) is 13.2 Å². The number of aryl methyl sites for hydroxylation is 1. The first kappa shape index (κ1) is 31.7. The van der Waals surface area contributed by atoms with Gasteiger partial charge in [0.05, 0.1) is 19.1 Å². The normalized spacial score (nSPS) is 20.0. The van der Waals surface area contributed by atoms with Crippen molar-refractivity contribution in [2.75, 3.05) is 39.9 Å². The van der Waals surface area contributed by atoms with E-state index in [9.17, 15) is 27.9 Å². The molecule has 7 nitrogen and oxygen atoms in total. The summed E-state index contributed by atoms with van der Waals surface area (Å²) >= 11 is 0. The highest BCUT2D eigenvalue weighted by molar-refractivity contribution is 5.75. The van der Waals surface area contributed by atoms with Crippen molar-refractivity contribution in [2.24, 2.45) is 5.92 Å². The summed E-state index contributed by atoms with van der Waals surface area (Å²) < 4.78 is 48.9. The quantitative estimate of drug-likeness (QED) is 0.281. The van der Waals surface area contributed by atoms with E-state index in [1.54, 1.807) is 6.07 Å². The molecule has 2 aromatic rings. The highest BCUT2D eigenvalue weighted by Crippen LogP contribution is 2.50. The van der Waals surface area contributed by atoms with Crippen molar-refractivity contribution >= 4 is 11.9 Å². The van der Waals surface area contributed by atoms with Gasteiger partial charge in [-0.25, -0.2) is 0 Å². The Kier molecular flexibility index (Phi) is 10.8. The Morgan fingerprint density at radius 3 is 2.52 bits per heavy atom. The molecule has 42 heavy (non-hydrogen) atoms. The number of benzene rings is 2. The van der Waals surface area contributed by atoms with E-state index in [4.69, 9.17) is 9.47 Å². The van der Waals surface area contributed by atoms with Crippen LogP contribution >= 0.6 is 0 Å². The summed E-state index contributed by atoms with van der Waals surface area (Å²) in [6.07, 6.45) is 2.65. The zero-order chi connectivity index (χ0) is 30.2. The molecule has 2 aliphatic carbocycles. The van der Waals surface area contributed by atoms with Crippen LogP contribution in [0.4, 0.5) is 13.2 Å². The topological polar surface area (TPSA) is 88.1 Å². The van der Waals surface area contributed by atoms with E-state index in [-0.39, 0.29) is 30.4 Å². The van der Waals surface area contributed by atoms with Crippen LogP contribution in [0.3, 0.4) is 0 Å². The molecule has 0 radical (unpaired) electrons. The van der Waals surface area contributed by atoms with Gasteiger partial charge in [-0.3, -0.25) is 14.5 Å². The molecule has 2 N–H and O–H groups in total. The number of hydrogen-bond donors (Lipinski definition) is 2. The predicted molar refractivity (Wildman–Crippen MR) is 153 cm³/mol. The van der Waals surface area contributed by atoms with Gasteiger partial charge >= 0.3 is 12.1 Å². The highest BCUT2D eigenvalue weighted by Gasteiger charge is 2.43. The molecule has 1 spiro atoms. The molecule has 2 aromatic carbocycles. The second kappa shape index (κ2) is 14.3. The lowest BCUT2D eigenvalue weighted by molar-refractivity contribution is -0.144. The van der Waals surface area contributed by atoms with E-state index in [1.165, 1.54) is 23.1 Å². The summed E-state index contributed by atoms with van der Waals surface area (Å²) in [6, 6.07) is 13.6. The number of fused-ring (bicyclic) bond motifs is 2. The van der Waals surface area contributed by atoms with Crippen LogP contribution in [-0.2, 0) is 27.8 Å². The fraction of sp³-hybridized carbons (Fsp3) is 0.562. The Morgan fingerprint density at radius 2 is 1.79 bits per heavy atom. The van der Waals surface area contributed by atoms with Crippen LogP contribution in [0.15, 0.2) is 42.5 Å². The van der Waals surface area contributed by atoms with Gasteiger partial charge in [-0.15, -0.1) is 0 Å². The molecule has 0 unspecified atom stereocenters. The lowest BCUT2D eigenvalue weighted by atomic mass is 9.67. The molecule has 2 aliphatic rings. The smallest absolute Gasteiger partial charge is 0.401 e. The van der Waals surface area contributed by atoms with E-state index in [0.29, 0.717) is 38.2 Å². The Balaban J connectivity index is 1.13. The van der Waals surface area contributed by atoms with Crippen molar-refractivity contribution in [3.8, 4) is 11.5 Å². The van der Waals surface area contributed by atoms with Crippen LogP contribution in [0, 0.1) is 5.92 Å². The minimum atomic E-state index is -4.23. The Labute approximate surface area is 245 Å². The molecule has 0 saturated heterocycles. The number of carbonyl (C=O) groups is 2. The van der Waals surface area contributed by atoms with Crippen molar-refractivity contribution in [2.45, 2.75) is 69.4 Å². The first-order valence-electron chi connectivity index (χ1n) is 14.8. The zero-order valence-electron chi connectivity index (χ0n) is 24.2. The average molecular weight is 591 g/mol. The average Bonchev–Trinajstić information content (AvgIpc) is 3.27. The lowest BCUT2D eigenvalue weighted by Gasteiger charge is -2.37. The monoisotopic (exact) mass is 590 g/mol. The molecular weight excluding hydrogens is 549 g/mol. The SMILES string of the molecule is CN(CCOc1cccc(CCNC(=O)CCCOc2ccc3c(c2)C2(CC3)CCC(C(=O)O)CC2)c1)CC(F)(F)F. The number of carbonyl (C=O) groups excluding carboxylic acids is 1. The third-order valence-corrected chi connectivity index (χ3v) is 8.46. The maximum absolute atomic E-state index is 12.4. The number of carboxylic acid groups (broad SMARTS) is 1. The summed E-state index contributed by atoms with van der Waals surface area (Å²) in [4.78, 5) is 24.9. The molecule has 0 aromatic heterocycles. The zero-order valence-corrected chi connectivity index (χ0v) is 24.2. The van der Waals surface area contributed by atoms with Gasteiger partial charge in [0.15, 0.2) is 0 Å². The van der Waals surface area contributed by atoms with E-state index >= 15 is 0 Å². The maximum atomic E-state index is 12.4. The fourth-order valence-electron chi connectivity index (χ4n) is 6.15. The van der Waals surface area contributed by atoms with Gasteiger partial charge in [-0.1, -0.05) is 18.2 Å². The van der Waals surface area contributed by atoms with Gasteiger partial charge in [0.1, 0.15) is 18.1 Å². The molecule has 4 rings (SSSR count). The molecule has 0 bridgehead atoms. The third-order valence-electron chi connectivity index (χ3n) is 8.46. The Morgan fingerprint density at radius 1 is 1.05 bits per heavy atom. The second-order valence-corrected chi connectivity index (χ2v) is 11.6. The number of hydrogen-bond acceptors (Lipinski definition) is 5. The number of amides is 1. The molecule has 0 heterocycles. The Bertz CT molecular complexity index is 1210. The Hall–Kier alpha value is -3.27. The third kappa shape index (κ3) is 9.11. The first-order valence-corrected chi connectivity index (χ1v) is 14.8. The number of aliphatic carboxylic acids is 1. The highest BCUT2D eigenvalue weighted by atomic mass is 19.4. The van der Waals surface area contributed by atoms with Crippen LogP contribution < -0.4 is 14.8 Å². The minimum Gasteiger partial charge on any atom is -0.494 e. The predicted octanol–water partition coefficient (Wildman–Crippen LogP) is 5.54. The summed E-state index contributed by atoms with van der Waals surface area (Å²) in [5, 5.41) is 12.3. The molecule has 1 amide bonds. The molecule has 0 atom stereocenters. The van der Waals surface area contributed by atoms with Gasteiger partial charge in [0.2, 0.25) is 5.91 Å². The minimum absolute atomic E-state index is 0.0539. The van der Waals surface area contributed by atoms with E-state index in [2.05, 4.69) is 17.4 Å². The summed E-state index contributed by atoms with van der Waals surface area (Å²) in [5.41, 5.74) is 3.68. The van der Waals surface area contributed by atoms with Crippen LogP contribution in [-0.4, -0.2) is 68.0 Å². The number of nitrogens with one attached hydrogen (secondary N) is 1. The second-order valence-electron chi connectivity index (χ2n) is 11.6. The number of nitrogens with zero attached hydrogens (tertiary/aromatic N) is 1. The summed E-state index contributed by atoms with van der Waals surface area (Å²) in [6.45, 7) is 0.222. The van der Waals surface area contributed by atoms with E-state index < -0.39 is 18.7 Å². The van der Waals surface area contributed by atoms with Gasteiger partial charge in [-0.05, 0) is 105 Å². The van der Waals surface area contributed by atoms with Crippen molar-refractivity contribution in [3.05, 3.63) is 59.2 Å². The van der Waals surface area contributed by atoms with Crippen LogP contribution in [0.25, 0.3) is 0 Å². The largest absolute Gasteiger partial charge is 0.494 e. The number of ether oxygens (including phenoxy) is 2. The maximum Gasteiger partial charge on any atom is 0.401 e. The molecule has 230 valence electrons. The van der Waals surface area contributed by atoms with Crippen LogP contribution in [0.5, 0.6) is 11.5 Å². The standard InChI is InChI=1S/C32H41F3N2O5/c1-37(22-32(33,34)35)17-19-42-26-5-2-4-23(20-26)12-16-36-29(38)6-3-18-41-27-8-7-24-9-13-31(28(24)21-27)14-10-25(11-15-31)30(39)40/h2,4-5,7-8,20-21,25H,3,6,9-19,22H2,1H3,(H,36,38)(H,39,40). The van der Waals surface area contributed by atoms with Crippen molar-refractivity contribution in [1.29, 1.82) is 0 Å². The number of alkyl halides is 3. The van der Waals surface area contributed by atoms with Crippen molar-refractivity contribution in [1.82, 2.24) is 10.2 Å². The number of likely N-dealkylation sites (N-methyl/N-ethyl adjacent to an activating group) is 1.